The van der Waals surface area contributed by atoms with Crippen LogP contribution in [-0.2, 0) is 9.59 Å². The van der Waals surface area contributed by atoms with Crippen LogP contribution in [0.4, 0.5) is 5.69 Å². The van der Waals surface area contributed by atoms with Gasteiger partial charge in [0.2, 0.25) is 5.91 Å². The lowest BCUT2D eigenvalue weighted by molar-refractivity contribution is -0.145. The fraction of sp³-hybridized carbons (Fsp3) is 0.400. The Morgan fingerprint density at radius 3 is 2.62 bits per heavy atom. The highest BCUT2D eigenvalue weighted by Crippen LogP contribution is 2.27. The quantitative estimate of drug-likeness (QED) is 0.866. The van der Waals surface area contributed by atoms with Gasteiger partial charge in [-0.3, -0.25) is 14.5 Å². The molecule has 0 aromatic heterocycles. The first-order chi connectivity index (χ1) is 12.1. The highest BCUT2D eigenvalue weighted by Gasteiger charge is 2.31. The van der Waals surface area contributed by atoms with Gasteiger partial charge >= 0.3 is 5.97 Å². The third-order valence-corrected chi connectivity index (χ3v) is 4.91. The van der Waals surface area contributed by atoms with E-state index in [1.165, 1.54) is 0 Å². The van der Waals surface area contributed by atoms with Gasteiger partial charge in [0.05, 0.1) is 12.2 Å². The predicted octanol–water partition coefficient (Wildman–Crippen LogP) is 3.55. The van der Waals surface area contributed by atoms with Gasteiger partial charge in [-0.25, -0.2) is 0 Å². The monoisotopic (exact) mass is 376 g/mol. The van der Waals surface area contributed by atoms with Crippen molar-refractivity contribution in [2.75, 3.05) is 24.5 Å². The van der Waals surface area contributed by atoms with E-state index in [9.17, 15) is 14.7 Å². The maximum atomic E-state index is 12.9. The molecule has 0 spiro atoms. The van der Waals surface area contributed by atoms with Crippen molar-refractivity contribution in [3.8, 4) is 0 Å². The van der Waals surface area contributed by atoms with E-state index in [4.69, 9.17) is 0 Å². The molecule has 2 aromatic carbocycles. The number of hydrogen-bond donors (Lipinski definition) is 1. The summed E-state index contributed by atoms with van der Waals surface area (Å²) in [6, 6.07) is 13.4. The largest absolute Gasteiger partial charge is 0.480 e. The third kappa shape index (κ3) is 4.17. The van der Waals surface area contributed by atoms with Crippen LogP contribution < -0.4 is 4.90 Å². The standard InChI is InChI=1S/C20H24N2O3.ClH/c1-2-22(17-12-7-9-15-8-3-4-10-16(15)17)19(23)14-21-13-6-5-11-18(21)20(24)25;/h3-4,7-10,12,18H,2,5-6,11,13-14H2,1H3,(H,24,25);1H. The molecule has 5 nitrogen and oxygen atoms in total. The summed E-state index contributed by atoms with van der Waals surface area (Å²) in [4.78, 5) is 28.0. The molecule has 1 unspecified atom stereocenters. The number of benzene rings is 2. The molecule has 0 bridgehead atoms. The van der Waals surface area contributed by atoms with Crippen LogP contribution in [0.2, 0.25) is 0 Å². The van der Waals surface area contributed by atoms with Crippen LogP contribution in [0.5, 0.6) is 0 Å². The summed E-state index contributed by atoms with van der Waals surface area (Å²) in [6.07, 6.45) is 2.46. The van der Waals surface area contributed by atoms with E-state index >= 15 is 0 Å². The molecule has 1 heterocycles. The number of nitrogens with zero attached hydrogens (tertiary/aromatic N) is 2. The van der Waals surface area contributed by atoms with Crippen molar-refractivity contribution in [1.29, 1.82) is 0 Å². The van der Waals surface area contributed by atoms with Crippen molar-refractivity contribution in [2.45, 2.75) is 32.2 Å². The number of carbonyl (C=O) groups is 2. The molecule has 140 valence electrons. The van der Waals surface area contributed by atoms with Gasteiger partial charge in [-0.2, -0.15) is 0 Å². The van der Waals surface area contributed by atoms with Gasteiger partial charge in [-0.15, -0.1) is 12.4 Å². The number of halogens is 1. The van der Waals surface area contributed by atoms with Gasteiger partial charge in [0, 0.05) is 11.9 Å². The normalized spacial score (nSPS) is 17.5. The maximum absolute atomic E-state index is 12.9. The first-order valence-corrected chi connectivity index (χ1v) is 8.86. The smallest absolute Gasteiger partial charge is 0.320 e. The fourth-order valence-electron chi connectivity index (χ4n) is 3.64. The number of hydrogen-bond acceptors (Lipinski definition) is 3. The van der Waals surface area contributed by atoms with E-state index in [1.54, 1.807) is 4.90 Å². The summed E-state index contributed by atoms with van der Waals surface area (Å²) in [5.74, 6) is -0.882. The molecule has 2 aromatic rings. The fourth-order valence-corrected chi connectivity index (χ4v) is 3.64. The van der Waals surface area contributed by atoms with Crippen molar-refractivity contribution in [3.63, 3.8) is 0 Å². The summed E-state index contributed by atoms with van der Waals surface area (Å²) < 4.78 is 0. The van der Waals surface area contributed by atoms with Gasteiger partial charge < -0.3 is 10.0 Å². The SMILES string of the molecule is CCN(C(=O)CN1CCCCC1C(=O)O)c1cccc2ccccc12.Cl. The molecule has 0 saturated carbocycles. The number of carboxylic acid groups (broad SMARTS) is 1. The number of amides is 1. The molecule has 1 amide bonds. The second-order valence-corrected chi connectivity index (χ2v) is 6.46. The lowest BCUT2D eigenvalue weighted by Gasteiger charge is -2.34. The zero-order chi connectivity index (χ0) is 17.8. The lowest BCUT2D eigenvalue weighted by atomic mass is 10.0. The van der Waals surface area contributed by atoms with E-state index < -0.39 is 12.0 Å². The Balaban J connectivity index is 0.00000243. The van der Waals surface area contributed by atoms with Gasteiger partial charge in [-0.05, 0) is 37.8 Å². The first kappa shape index (κ1) is 20.2. The minimum Gasteiger partial charge on any atom is -0.480 e. The van der Waals surface area contributed by atoms with Gasteiger partial charge in [0.25, 0.3) is 0 Å². The van der Waals surface area contributed by atoms with Crippen LogP contribution in [0, 0.1) is 0 Å². The van der Waals surface area contributed by atoms with E-state index in [2.05, 4.69) is 0 Å². The Morgan fingerprint density at radius 1 is 1.15 bits per heavy atom. The molecule has 3 rings (SSSR count). The van der Waals surface area contributed by atoms with Gasteiger partial charge in [0.15, 0.2) is 0 Å². The Morgan fingerprint density at radius 2 is 1.88 bits per heavy atom. The van der Waals surface area contributed by atoms with Crippen LogP contribution >= 0.6 is 12.4 Å². The number of carbonyl (C=O) groups excluding carboxylic acids is 1. The van der Waals surface area contributed by atoms with Crippen LogP contribution in [0.25, 0.3) is 10.8 Å². The van der Waals surface area contributed by atoms with E-state index in [-0.39, 0.29) is 24.9 Å². The number of likely N-dealkylation sites (N-methyl/N-ethyl adjacent to an activating group) is 1. The molecular weight excluding hydrogens is 352 g/mol. The molecule has 1 aliphatic heterocycles. The maximum Gasteiger partial charge on any atom is 0.320 e. The van der Waals surface area contributed by atoms with Crippen LogP contribution in [0.3, 0.4) is 0 Å². The molecule has 26 heavy (non-hydrogen) atoms. The average molecular weight is 377 g/mol. The van der Waals surface area contributed by atoms with Crippen molar-refractivity contribution in [3.05, 3.63) is 42.5 Å². The molecule has 0 aliphatic carbocycles. The second-order valence-electron chi connectivity index (χ2n) is 6.46. The van der Waals surface area contributed by atoms with E-state index in [1.807, 2.05) is 54.3 Å². The number of aliphatic carboxylic acids is 1. The van der Waals surface area contributed by atoms with Crippen molar-refractivity contribution in [1.82, 2.24) is 4.90 Å². The summed E-state index contributed by atoms with van der Waals surface area (Å²) in [7, 11) is 0. The number of piperidine rings is 1. The number of likely N-dealkylation sites (tertiary alicyclic amines) is 1. The summed E-state index contributed by atoms with van der Waals surface area (Å²) in [6.45, 7) is 3.31. The third-order valence-electron chi connectivity index (χ3n) is 4.91. The van der Waals surface area contributed by atoms with E-state index in [0.717, 1.165) is 29.3 Å². The Bertz CT molecular complexity index is 775. The topological polar surface area (TPSA) is 60.9 Å². The second kappa shape index (κ2) is 9.01. The highest BCUT2D eigenvalue weighted by atomic mass is 35.5. The van der Waals surface area contributed by atoms with Crippen molar-refractivity contribution in [2.24, 2.45) is 0 Å². The Labute approximate surface area is 160 Å². The van der Waals surface area contributed by atoms with Crippen LogP contribution in [-0.4, -0.2) is 47.6 Å². The number of rotatable bonds is 5. The zero-order valence-corrected chi connectivity index (χ0v) is 15.7. The summed E-state index contributed by atoms with van der Waals surface area (Å²) in [5, 5.41) is 11.5. The van der Waals surface area contributed by atoms with Crippen molar-refractivity contribution < 1.29 is 14.7 Å². The zero-order valence-electron chi connectivity index (χ0n) is 14.9. The Kier molecular flexibility index (Phi) is 7.00. The van der Waals surface area contributed by atoms with E-state index in [0.29, 0.717) is 19.5 Å². The molecule has 1 saturated heterocycles. The number of anilines is 1. The molecule has 0 radical (unpaired) electrons. The predicted molar refractivity (Wildman–Crippen MR) is 106 cm³/mol. The number of fused-ring (bicyclic) bond motifs is 1. The molecular formula is C20H25ClN2O3. The van der Waals surface area contributed by atoms with Gasteiger partial charge in [-0.1, -0.05) is 42.8 Å². The van der Waals surface area contributed by atoms with Crippen molar-refractivity contribution >= 4 is 40.7 Å². The minimum atomic E-state index is -0.833. The summed E-state index contributed by atoms with van der Waals surface area (Å²) in [5.41, 5.74) is 0.884. The van der Waals surface area contributed by atoms with Crippen LogP contribution in [0.1, 0.15) is 26.2 Å². The highest BCUT2D eigenvalue weighted by molar-refractivity contribution is 6.04. The molecule has 1 aliphatic rings. The Hall–Kier alpha value is -2.11. The number of carboxylic acids is 1. The molecule has 1 N–H and O–H groups in total. The molecule has 6 heteroatoms. The first-order valence-electron chi connectivity index (χ1n) is 8.86. The molecule has 1 atom stereocenters. The van der Waals surface area contributed by atoms with Gasteiger partial charge in [0.1, 0.15) is 6.04 Å². The lowest BCUT2D eigenvalue weighted by Crippen LogP contribution is -2.50. The average Bonchev–Trinajstić information content (AvgIpc) is 2.63. The molecule has 1 fully saturated rings. The van der Waals surface area contributed by atoms with Crippen LogP contribution in [0.15, 0.2) is 42.5 Å². The minimum absolute atomic E-state index is 0. The summed E-state index contributed by atoms with van der Waals surface area (Å²) >= 11 is 0.